The number of para-hydroxylation sites is 1. The molecule has 110 valence electrons. The van der Waals surface area contributed by atoms with Crippen LogP contribution in [0.2, 0.25) is 0 Å². The lowest BCUT2D eigenvalue weighted by atomic mass is 10.0. The normalized spacial score (nSPS) is 10.8. The number of carbonyl (C=O) groups excluding carboxylic acids is 1. The number of benzene rings is 2. The van der Waals surface area contributed by atoms with E-state index in [9.17, 15) is 4.79 Å². The predicted molar refractivity (Wildman–Crippen MR) is 87.8 cm³/mol. The molecule has 0 atom stereocenters. The Bertz CT molecular complexity index is 825. The van der Waals surface area contributed by atoms with Crippen LogP contribution in [-0.2, 0) is 6.42 Å². The van der Waals surface area contributed by atoms with E-state index < -0.39 is 0 Å². The number of hydrogen-bond acceptors (Lipinski definition) is 4. The first-order chi connectivity index (χ1) is 10.7. The Kier molecular flexibility index (Phi) is 3.83. The zero-order valence-corrected chi connectivity index (χ0v) is 12.4. The van der Waals surface area contributed by atoms with E-state index in [2.05, 4.69) is 9.97 Å². The molecule has 0 spiro atoms. The Hall–Kier alpha value is -2.75. The van der Waals surface area contributed by atoms with Crippen LogP contribution in [0.1, 0.15) is 35.1 Å². The van der Waals surface area contributed by atoms with Gasteiger partial charge in [-0.15, -0.1) is 0 Å². The van der Waals surface area contributed by atoms with Crippen molar-refractivity contribution in [2.75, 3.05) is 5.73 Å². The van der Waals surface area contributed by atoms with Gasteiger partial charge in [0.2, 0.25) is 0 Å². The van der Waals surface area contributed by atoms with Crippen LogP contribution in [0.15, 0.2) is 48.5 Å². The molecule has 1 heterocycles. The zero-order chi connectivity index (χ0) is 15.5. The van der Waals surface area contributed by atoms with Crippen molar-refractivity contribution in [3.8, 4) is 0 Å². The van der Waals surface area contributed by atoms with Crippen molar-refractivity contribution < 1.29 is 4.79 Å². The lowest BCUT2D eigenvalue weighted by Crippen LogP contribution is -2.02. The number of anilines is 1. The van der Waals surface area contributed by atoms with Gasteiger partial charge in [0.1, 0.15) is 11.6 Å². The minimum absolute atomic E-state index is 0.151. The third kappa shape index (κ3) is 2.81. The summed E-state index contributed by atoms with van der Waals surface area (Å²) in [5.74, 6) is 1.34. The quantitative estimate of drug-likeness (QED) is 0.748. The number of carbonyl (C=O) groups is 1. The molecule has 0 amide bonds. The van der Waals surface area contributed by atoms with Gasteiger partial charge >= 0.3 is 0 Å². The molecule has 3 aromatic rings. The Morgan fingerprint density at radius 2 is 1.77 bits per heavy atom. The SMILES string of the molecule is CCC(=O)c1ccc(Cc2nc(N)c3ccccc3n2)cc1. The molecule has 4 heteroatoms. The molecule has 2 aromatic carbocycles. The highest BCUT2D eigenvalue weighted by Crippen LogP contribution is 2.18. The maximum Gasteiger partial charge on any atom is 0.162 e. The molecule has 0 radical (unpaired) electrons. The van der Waals surface area contributed by atoms with E-state index in [1.54, 1.807) is 0 Å². The van der Waals surface area contributed by atoms with Crippen LogP contribution in [0.5, 0.6) is 0 Å². The first-order valence-electron chi connectivity index (χ1n) is 7.30. The van der Waals surface area contributed by atoms with Crippen LogP contribution in [-0.4, -0.2) is 15.8 Å². The first-order valence-corrected chi connectivity index (χ1v) is 7.30. The van der Waals surface area contributed by atoms with Gasteiger partial charge in [0, 0.05) is 23.8 Å². The van der Waals surface area contributed by atoms with Crippen molar-refractivity contribution in [1.29, 1.82) is 0 Å². The summed E-state index contributed by atoms with van der Waals surface area (Å²) in [4.78, 5) is 20.5. The van der Waals surface area contributed by atoms with E-state index in [1.165, 1.54) is 0 Å². The average Bonchev–Trinajstić information content (AvgIpc) is 2.55. The lowest BCUT2D eigenvalue weighted by Gasteiger charge is -2.06. The Balaban J connectivity index is 1.88. The van der Waals surface area contributed by atoms with Crippen molar-refractivity contribution in [1.82, 2.24) is 9.97 Å². The van der Waals surface area contributed by atoms with Crippen LogP contribution in [0.4, 0.5) is 5.82 Å². The van der Waals surface area contributed by atoms with Gasteiger partial charge in [-0.05, 0) is 17.7 Å². The lowest BCUT2D eigenvalue weighted by molar-refractivity contribution is 0.0988. The summed E-state index contributed by atoms with van der Waals surface area (Å²) in [5.41, 5.74) is 8.65. The molecule has 0 unspecified atom stereocenters. The minimum Gasteiger partial charge on any atom is -0.383 e. The molecular weight excluding hydrogens is 274 g/mol. The summed E-state index contributed by atoms with van der Waals surface area (Å²) in [6, 6.07) is 15.3. The second-order valence-corrected chi connectivity index (χ2v) is 5.19. The van der Waals surface area contributed by atoms with Gasteiger partial charge in [-0.3, -0.25) is 4.79 Å². The van der Waals surface area contributed by atoms with Crippen LogP contribution < -0.4 is 5.73 Å². The second kappa shape index (κ2) is 5.93. The van der Waals surface area contributed by atoms with Crippen molar-refractivity contribution in [2.45, 2.75) is 19.8 Å². The van der Waals surface area contributed by atoms with Gasteiger partial charge < -0.3 is 5.73 Å². The number of Topliss-reactive ketones (excluding diaryl/α,β-unsaturated/α-hetero) is 1. The molecule has 0 bridgehead atoms. The van der Waals surface area contributed by atoms with Gasteiger partial charge in [0.15, 0.2) is 5.78 Å². The monoisotopic (exact) mass is 291 g/mol. The molecular formula is C18H17N3O. The fraction of sp³-hybridized carbons (Fsp3) is 0.167. The molecule has 0 saturated heterocycles. The summed E-state index contributed by atoms with van der Waals surface area (Å²) in [7, 11) is 0. The summed E-state index contributed by atoms with van der Waals surface area (Å²) in [5, 5.41) is 0.871. The smallest absolute Gasteiger partial charge is 0.162 e. The van der Waals surface area contributed by atoms with E-state index in [0.29, 0.717) is 24.5 Å². The van der Waals surface area contributed by atoms with Gasteiger partial charge in [-0.1, -0.05) is 43.3 Å². The predicted octanol–water partition coefficient (Wildman–Crippen LogP) is 3.40. The molecule has 0 aliphatic heterocycles. The largest absolute Gasteiger partial charge is 0.383 e. The number of nitrogen functional groups attached to an aromatic ring is 1. The number of rotatable bonds is 4. The highest BCUT2D eigenvalue weighted by molar-refractivity contribution is 5.95. The second-order valence-electron chi connectivity index (χ2n) is 5.19. The van der Waals surface area contributed by atoms with E-state index in [0.717, 1.165) is 22.0 Å². The maximum atomic E-state index is 11.6. The fourth-order valence-electron chi connectivity index (χ4n) is 2.43. The Labute approximate surface area is 129 Å². The van der Waals surface area contributed by atoms with Crippen molar-refractivity contribution in [3.63, 3.8) is 0 Å². The molecule has 0 fully saturated rings. The standard InChI is InChI=1S/C18H17N3O/c1-2-16(22)13-9-7-12(8-10-13)11-17-20-15-6-4-3-5-14(15)18(19)21-17/h3-10H,2,11H2,1H3,(H2,19,20,21). The third-order valence-electron chi connectivity index (χ3n) is 3.64. The van der Waals surface area contributed by atoms with E-state index >= 15 is 0 Å². The van der Waals surface area contributed by atoms with Gasteiger partial charge in [0.25, 0.3) is 0 Å². The Morgan fingerprint density at radius 1 is 1.05 bits per heavy atom. The summed E-state index contributed by atoms with van der Waals surface area (Å²) < 4.78 is 0. The Morgan fingerprint density at radius 3 is 2.50 bits per heavy atom. The third-order valence-corrected chi connectivity index (χ3v) is 3.64. The highest BCUT2D eigenvalue weighted by Gasteiger charge is 2.07. The highest BCUT2D eigenvalue weighted by atomic mass is 16.1. The van der Waals surface area contributed by atoms with Crippen molar-refractivity contribution in [2.24, 2.45) is 0 Å². The van der Waals surface area contributed by atoms with E-state index in [4.69, 9.17) is 5.73 Å². The van der Waals surface area contributed by atoms with Gasteiger partial charge in [0.05, 0.1) is 5.52 Å². The zero-order valence-electron chi connectivity index (χ0n) is 12.4. The van der Waals surface area contributed by atoms with Crippen molar-refractivity contribution >= 4 is 22.5 Å². The number of fused-ring (bicyclic) bond motifs is 1. The van der Waals surface area contributed by atoms with E-state index in [1.807, 2.05) is 55.5 Å². The molecule has 4 nitrogen and oxygen atoms in total. The summed E-state index contributed by atoms with van der Waals surface area (Å²) in [6.45, 7) is 1.86. The molecule has 1 aromatic heterocycles. The number of ketones is 1. The topological polar surface area (TPSA) is 68.9 Å². The van der Waals surface area contributed by atoms with Crippen LogP contribution >= 0.6 is 0 Å². The number of nitrogens with two attached hydrogens (primary N) is 1. The van der Waals surface area contributed by atoms with Gasteiger partial charge in [-0.25, -0.2) is 9.97 Å². The fourth-order valence-corrected chi connectivity index (χ4v) is 2.43. The number of hydrogen-bond donors (Lipinski definition) is 1. The molecule has 22 heavy (non-hydrogen) atoms. The first kappa shape index (κ1) is 14.2. The number of nitrogens with zero attached hydrogens (tertiary/aromatic N) is 2. The summed E-state index contributed by atoms with van der Waals surface area (Å²) >= 11 is 0. The molecule has 0 aliphatic carbocycles. The van der Waals surface area contributed by atoms with Crippen LogP contribution in [0.25, 0.3) is 10.9 Å². The maximum absolute atomic E-state index is 11.6. The van der Waals surface area contributed by atoms with Crippen LogP contribution in [0.3, 0.4) is 0 Å². The minimum atomic E-state index is 0.151. The summed E-state index contributed by atoms with van der Waals surface area (Å²) in [6.07, 6.45) is 1.11. The number of aromatic nitrogens is 2. The van der Waals surface area contributed by atoms with Crippen LogP contribution in [0, 0.1) is 0 Å². The average molecular weight is 291 g/mol. The molecule has 3 rings (SSSR count). The molecule has 0 saturated carbocycles. The molecule has 2 N–H and O–H groups in total. The van der Waals surface area contributed by atoms with Gasteiger partial charge in [-0.2, -0.15) is 0 Å². The van der Waals surface area contributed by atoms with E-state index in [-0.39, 0.29) is 5.78 Å². The molecule has 0 aliphatic rings. The van der Waals surface area contributed by atoms with Crippen molar-refractivity contribution in [3.05, 3.63) is 65.5 Å².